The van der Waals surface area contributed by atoms with E-state index in [-0.39, 0.29) is 0 Å². The van der Waals surface area contributed by atoms with E-state index in [0.717, 1.165) is 6.07 Å². The lowest BCUT2D eigenvalue weighted by molar-refractivity contribution is 0.0529. The summed E-state index contributed by atoms with van der Waals surface area (Å²) in [4.78, 5) is 15.9. The average molecular weight is 370 g/mol. The molecule has 0 radical (unpaired) electrons. The molecule has 1 aromatic carbocycles. The van der Waals surface area contributed by atoms with Crippen LogP contribution in [0.1, 0.15) is 33.3 Å². The molecule has 3 N–H and O–H groups in total. The Hall–Kier alpha value is -2.38. The lowest BCUT2D eigenvalue weighted by Crippen LogP contribution is -2.42. The minimum atomic E-state index is -0.595. The van der Waals surface area contributed by atoms with Crippen molar-refractivity contribution >= 4 is 12.1 Å². The maximum absolute atomic E-state index is 13.2. The molecule has 146 valence electrons. The van der Waals surface area contributed by atoms with Crippen molar-refractivity contribution in [1.29, 1.82) is 0 Å². The highest BCUT2D eigenvalue weighted by molar-refractivity contribution is 5.79. The molecule has 0 saturated heterocycles. The van der Waals surface area contributed by atoms with E-state index in [0.29, 0.717) is 44.1 Å². The third kappa shape index (κ3) is 9.80. The van der Waals surface area contributed by atoms with E-state index in [1.54, 1.807) is 20.8 Å². The van der Waals surface area contributed by atoms with Crippen LogP contribution in [-0.2, 0) is 11.2 Å². The van der Waals surface area contributed by atoms with Crippen molar-refractivity contribution in [2.75, 3.05) is 26.2 Å². The number of aliphatic imine (C=N–C) groups is 1. The second kappa shape index (κ2) is 10.6. The molecule has 0 atom stereocenters. The third-order valence-corrected chi connectivity index (χ3v) is 3.02. The number of nitrogens with one attached hydrogen (secondary N) is 3. The summed E-state index contributed by atoms with van der Waals surface area (Å²) in [6, 6.07) is 3.43. The second-order valence-corrected chi connectivity index (χ2v) is 6.64. The number of hydrogen-bond donors (Lipinski definition) is 3. The Morgan fingerprint density at radius 3 is 2.27 bits per heavy atom. The largest absolute Gasteiger partial charge is 0.444 e. The predicted octanol–water partition coefficient (Wildman–Crippen LogP) is 2.59. The van der Waals surface area contributed by atoms with E-state index in [4.69, 9.17) is 4.74 Å². The number of guanidine groups is 1. The number of ether oxygens (including phenoxy) is 1. The number of nitrogens with zero attached hydrogens (tertiary/aromatic N) is 1. The first-order valence-electron chi connectivity index (χ1n) is 8.63. The van der Waals surface area contributed by atoms with Gasteiger partial charge in [-0.15, -0.1) is 0 Å². The Morgan fingerprint density at radius 2 is 1.69 bits per heavy atom. The van der Waals surface area contributed by atoms with Gasteiger partial charge in [0.25, 0.3) is 0 Å². The van der Waals surface area contributed by atoms with Crippen LogP contribution >= 0.6 is 0 Å². The quantitative estimate of drug-likeness (QED) is 0.392. The summed E-state index contributed by atoms with van der Waals surface area (Å²) in [7, 11) is 0. The molecular formula is C18H28F2N4O2. The van der Waals surface area contributed by atoms with Gasteiger partial charge in [-0.3, -0.25) is 4.99 Å². The molecule has 1 amide bonds. The molecule has 26 heavy (non-hydrogen) atoms. The van der Waals surface area contributed by atoms with E-state index in [1.165, 1.54) is 12.1 Å². The van der Waals surface area contributed by atoms with Crippen molar-refractivity contribution in [3.8, 4) is 0 Å². The number of carbonyl (C=O) groups excluding carboxylic acids is 1. The molecule has 0 saturated carbocycles. The van der Waals surface area contributed by atoms with E-state index < -0.39 is 23.3 Å². The Kier molecular flexibility index (Phi) is 8.81. The third-order valence-electron chi connectivity index (χ3n) is 3.02. The summed E-state index contributed by atoms with van der Waals surface area (Å²) in [5.41, 5.74) is 0.0123. The first-order valence-corrected chi connectivity index (χ1v) is 8.63. The molecule has 0 spiro atoms. The molecule has 1 rings (SSSR count). The Bertz CT molecular complexity index is 595. The van der Waals surface area contributed by atoms with Crippen LogP contribution in [-0.4, -0.2) is 43.8 Å². The van der Waals surface area contributed by atoms with Gasteiger partial charge in [0.2, 0.25) is 0 Å². The molecule has 0 bridgehead atoms. The lowest BCUT2D eigenvalue weighted by Gasteiger charge is -2.19. The predicted molar refractivity (Wildman–Crippen MR) is 98.3 cm³/mol. The van der Waals surface area contributed by atoms with Crippen LogP contribution in [0.5, 0.6) is 0 Å². The fourth-order valence-electron chi connectivity index (χ4n) is 2.05. The van der Waals surface area contributed by atoms with Gasteiger partial charge >= 0.3 is 6.09 Å². The molecule has 0 aromatic heterocycles. The number of benzene rings is 1. The molecule has 0 aliphatic carbocycles. The van der Waals surface area contributed by atoms with Gasteiger partial charge in [0.05, 0.1) is 0 Å². The van der Waals surface area contributed by atoms with Crippen LogP contribution in [0.3, 0.4) is 0 Å². The van der Waals surface area contributed by atoms with Crippen molar-refractivity contribution in [3.63, 3.8) is 0 Å². The number of rotatable bonds is 7. The summed E-state index contributed by atoms with van der Waals surface area (Å²) in [5, 5.41) is 8.77. The van der Waals surface area contributed by atoms with Gasteiger partial charge < -0.3 is 20.7 Å². The Morgan fingerprint density at radius 1 is 1.08 bits per heavy atom. The summed E-state index contributed by atoms with van der Waals surface area (Å²) >= 11 is 0. The van der Waals surface area contributed by atoms with Gasteiger partial charge in [-0.2, -0.15) is 0 Å². The monoisotopic (exact) mass is 370 g/mol. The van der Waals surface area contributed by atoms with E-state index in [2.05, 4.69) is 20.9 Å². The second-order valence-electron chi connectivity index (χ2n) is 6.64. The summed E-state index contributed by atoms with van der Waals surface area (Å²) in [5.74, 6) is -0.625. The van der Waals surface area contributed by atoms with E-state index >= 15 is 0 Å². The fourth-order valence-corrected chi connectivity index (χ4v) is 2.05. The Balaban J connectivity index is 2.40. The molecule has 1 aromatic rings. The topological polar surface area (TPSA) is 74.8 Å². The van der Waals surface area contributed by atoms with Crippen molar-refractivity contribution in [2.24, 2.45) is 4.99 Å². The SMILES string of the molecule is CCNC(=NCCc1cc(F)cc(F)c1)NCCNC(=O)OC(C)(C)C. The fraction of sp³-hybridized carbons (Fsp3) is 0.556. The molecule has 6 nitrogen and oxygen atoms in total. The van der Waals surface area contributed by atoms with Crippen LogP contribution in [0.4, 0.5) is 13.6 Å². The van der Waals surface area contributed by atoms with E-state index in [1.807, 2.05) is 6.92 Å². The summed E-state index contributed by atoms with van der Waals surface area (Å²) < 4.78 is 31.5. The van der Waals surface area contributed by atoms with E-state index in [9.17, 15) is 13.6 Å². The molecule has 0 aliphatic rings. The van der Waals surface area contributed by atoms with Gasteiger partial charge in [-0.25, -0.2) is 13.6 Å². The van der Waals surface area contributed by atoms with Crippen LogP contribution in [0.15, 0.2) is 23.2 Å². The highest BCUT2D eigenvalue weighted by Gasteiger charge is 2.15. The zero-order chi connectivity index (χ0) is 19.6. The van der Waals surface area contributed by atoms with Crippen molar-refractivity contribution < 1.29 is 18.3 Å². The Labute approximate surface area is 153 Å². The molecular weight excluding hydrogens is 342 g/mol. The number of halogens is 2. The van der Waals surface area contributed by atoms with Gasteiger partial charge in [0.1, 0.15) is 17.2 Å². The standard InChI is InChI=1S/C18H28F2N4O2/c1-5-21-16(23-8-9-24-17(25)26-18(2,3)4)22-7-6-13-10-14(19)12-15(20)11-13/h10-12H,5-9H2,1-4H3,(H,24,25)(H2,21,22,23). The number of alkyl carbamates (subject to hydrolysis) is 1. The molecule has 0 aliphatic heterocycles. The maximum atomic E-state index is 13.2. The normalized spacial score (nSPS) is 11.8. The number of hydrogen-bond acceptors (Lipinski definition) is 3. The molecule has 0 unspecified atom stereocenters. The highest BCUT2D eigenvalue weighted by atomic mass is 19.1. The first kappa shape index (κ1) is 21.7. The highest BCUT2D eigenvalue weighted by Crippen LogP contribution is 2.08. The first-order chi connectivity index (χ1) is 12.2. The zero-order valence-electron chi connectivity index (χ0n) is 15.8. The van der Waals surface area contributed by atoms with Gasteiger partial charge in [0, 0.05) is 32.2 Å². The van der Waals surface area contributed by atoms with Gasteiger partial charge in [-0.1, -0.05) is 0 Å². The van der Waals surface area contributed by atoms with Gasteiger partial charge in [-0.05, 0) is 51.8 Å². The smallest absolute Gasteiger partial charge is 0.407 e. The van der Waals surface area contributed by atoms with Crippen molar-refractivity contribution in [1.82, 2.24) is 16.0 Å². The zero-order valence-corrected chi connectivity index (χ0v) is 15.8. The molecule has 0 heterocycles. The van der Waals surface area contributed by atoms with Crippen molar-refractivity contribution in [3.05, 3.63) is 35.4 Å². The van der Waals surface area contributed by atoms with Crippen LogP contribution in [0.25, 0.3) is 0 Å². The van der Waals surface area contributed by atoms with Crippen LogP contribution in [0, 0.1) is 11.6 Å². The summed E-state index contributed by atoms with van der Waals surface area (Å²) in [6.45, 7) is 9.19. The van der Waals surface area contributed by atoms with Gasteiger partial charge in [0.15, 0.2) is 5.96 Å². The average Bonchev–Trinajstić information content (AvgIpc) is 2.48. The number of amides is 1. The van der Waals surface area contributed by atoms with Crippen molar-refractivity contribution in [2.45, 2.75) is 39.7 Å². The minimum absolute atomic E-state index is 0.369. The maximum Gasteiger partial charge on any atom is 0.407 e. The van der Waals surface area contributed by atoms with Crippen LogP contribution < -0.4 is 16.0 Å². The molecule has 8 heteroatoms. The van der Waals surface area contributed by atoms with Crippen LogP contribution in [0.2, 0.25) is 0 Å². The molecule has 0 fully saturated rings. The minimum Gasteiger partial charge on any atom is -0.444 e. The number of carbonyl (C=O) groups is 1. The lowest BCUT2D eigenvalue weighted by atomic mass is 10.1. The summed E-state index contributed by atoms with van der Waals surface area (Å²) in [6.07, 6.45) is -0.0594.